The van der Waals surface area contributed by atoms with Crippen molar-refractivity contribution >= 4 is 5.91 Å². The van der Waals surface area contributed by atoms with Crippen LogP contribution in [0.15, 0.2) is 42.2 Å². The highest BCUT2D eigenvalue weighted by Gasteiger charge is 2.58. The van der Waals surface area contributed by atoms with Crippen molar-refractivity contribution in [1.29, 1.82) is 0 Å². The van der Waals surface area contributed by atoms with E-state index in [1.165, 1.54) is 44.9 Å². The summed E-state index contributed by atoms with van der Waals surface area (Å²) in [5, 5.41) is 11.9. The number of hydrogen-bond acceptors (Lipinski definition) is 3. The van der Waals surface area contributed by atoms with Gasteiger partial charge in [0.05, 0.1) is 18.8 Å². The van der Waals surface area contributed by atoms with Crippen molar-refractivity contribution in [2.24, 2.45) is 40.4 Å². The quantitative estimate of drug-likeness (QED) is 0.555. The fraction of sp³-hybridized carbons (Fsp3) is 0.700. The molecule has 0 aliphatic heterocycles. The Bertz CT molecular complexity index is 1060. The van der Waals surface area contributed by atoms with Crippen LogP contribution in [0, 0.1) is 40.4 Å². The molecule has 5 nitrogen and oxygen atoms in total. The molecule has 7 atom stereocenters. The third-order valence-electron chi connectivity index (χ3n) is 11.1. The Kier molecular flexibility index (Phi) is 5.80. The lowest BCUT2D eigenvalue weighted by atomic mass is 9.45. The summed E-state index contributed by atoms with van der Waals surface area (Å²) < 4.78 is 1.92. The van der Waals surface area contributed by atoms with E-state index in [1.807, 2.05) is 10.9 Å². The zero-order valence-electron chi connectivity index (χ0n) is 21.7. The van der Waals surface area contributed by atoms with Crippen LogP contribution >= 0.6 is 0 Å². The van der Waals surface area contributed by atoms with Gasteiger partial charge in [0.15, 0.2) is 0 Å². The molecule has 1 aromatic heterocycles. The molecule has 0 aromatic carbocycles. The highest BCUT2D eigenvalue weighted by Crippen LogP contribution is 2.66. The van der Waals surface area contributed by atoms with Gasteiger partial charge in [-0.05, 0) is 81.0 Å². The number of nitrogens with one attached hydrogen (secondary N) is 1. The first-order valence-electron chi connectivity index (χ1n) is 14.1. The number of nitrogens with zero attached hydrogens (tertiary/aromatic N) is 3. The van der Waals surface area contributed by atoms with E-state index in [4.69, 9.17) is 0 Å². The molecule has 5 heteroatoms. The molecule has 188 valence electrons. The molecule has 1 N–H and O–H groups in total. The minimum atomic E-state index is 0.0242. The number of hydrogen-bond donors (Lipinski definition) is 1. The molecule has 1 aromatic rings. The van der Waals surface area contributed by atoms with Crippen molar-refractivity contribution in [3.8, 4) is 0 Å². The zero-order chi connectivity index (χ0) is 24.2. The maximum absolute atomic E-state index is 13.4. The van der Waals surface area contributed by atoms with Crippen LogP contribution in [0.3, 0.4) is 0 Å². The number of carbonyl (C=O) groups is 1. The molecule has 5 aliphatic rings. The fourth-order valence-corrected chi connectivity index (χ4v) is 9.02. The summed E-state index contributed by atoms with van der Waals surface area (Å²) in [5.74, 6) is 3.68. The molecule has 1 heterocycles. The van der Waals surface area contributed by atoms with Gasteiger partial charge in [0.1, 0.15) is 5.69 Å². The third kappa shape index (κ3) is 3.76. The van der Waals surface area contributed by atoms with Crippen molar-refractivity contribution in [3.05, 3.63) is 47.8 Å². The van der Waals surface area contributed by atoms with Gasteiger partial charge in [0.25, 0.3) is 0 Å². The summed E-state index contributed by atoms with van der Waals surface area (Å²) in [6.07, 6.45) is 24.9. The second-order valence-corrected chi connectivity index (χ2v) is 12.7. The number of allylic oxidation sites excluding steroid dienone is 5. The van der Waals surface area contributed by atoms with Gasteiger partial charge in [0, 0.05) is 16.9 Å². The second kappa shape index (κ2) is 8.74. The topological polar surface area (TPSA) is 59.8 Å². The molecule has 1 unspecified atom stereocenters. The van der Waals surface area contributed by atoms with E-state index in [1.54, 1.807) is 0 Å². The maximum atomic E-state index is 13.4. The molecule has 0 radical (unpaired) electrons. The van der Waals surface area contributed by atoms with Crippen molar-refractivity contribution in [2.45, 2.75) is 91.1 Å². The molecule has 6 rings (SSSR count). The Balaban J connectivity index is 1.11. The van der Waals surface area contributed by atoms with Crippen molar-refractivity contribution in [2.75, 3.05) is 0 Å². The number of rotatable bonds is 5. The van der Waals surface area contributed by atoms with Crippen molar-refractivity contribution in [3.63, 3.8) is 0 Å². The minimum Gasteiger partial charge on any atom is -0.347 e. The predicted molar refractivity (Wildman–Crippen MR) is 138 cm³/mol. The van der Waals surface area contributed by atoms with Crippen LogP contribution in [-0.2, 0) is 11.3 Å². The van der Waals surface area contributed by atoms with Crippen molar-refractivity contribution < 1.29 is 4.79 Å². The standard InChI is InChI=1S/C30H42N4O/c1-20(21-8-4-5-9-21)34-19-23(32-33-34)18-31-28(35)27-14-13-25-24-12-11-22-10-6-7-16-29(22,2)26(24)15-17-30(25,27)3/h4-5,8-9,14,19-22,24-26H,6-7,10-13,15-18H2,1-3H3,(H,31,35)/t20?,22-,24+,25+,26+,29+,30+/m1/s1. The molecule has 35 heavy (non-hydrogen) atoms. The Morgan fingerprint density at radius 1 is 1.11 bits per heavy atom. The van der Waals surface area contributed by atoms with Crippen LogP contribution in [0.1, 0.15) is 90.3 Å². The molecule has 0 bridgehead atoms. The Hall–Kier alpha value is -2.17. The summed E-state index contributed by atoms with van der Waals surface area (Å²) in [6, 6.07) is 0.218. The molecular formula is C30H42N4O. The predicted octanol–water partition coefficient (Wildman–Crippen LogP) is 6.17. The van der Waals surface area contributed by atoms with E-state index in [9.17, 15) is 4.79 Å². The highest BCUT2D eigenvalue weighted by molar-refractivity contribution is 5.95. The van der Waals surface area contributed by atoms with Crippen LogP contribution in [0.2, 0.25) is 0 Å². The van der Waals surface area contributed by atoms with E-state index in [2.05, 4.69) is 66.8 Å². The summed E-state index contributed by atoms with van der Waals surface area (Å²) in [4.78, 5) is 13.4. The van der Waals surface area contributed by atoms with Crippen molar-refractivity contribution in [1.82, 2.24) is 20.3 Å². The van der Waals surface area contributed by atoms with E-state index in [-0.39, 0.29) is 17.4 Å². The van der Waals surface area contributed by atoms with E-state index in [0.717, 1.165) is 41.9 Å². The lowest BCUT2D eigenvalue weighted by Gasteiger charge is -2.60. The molecule has 0 spiro atoms. The van der Waals surface area contributed by atoms with Gasteiger partial charge in [0.2, 0.25) is 5.91 Å². The molecular weight excluding hydrogens is 432 g/mol. The number of amides is 1. The second-order valence-electron chi connectivity index (χ2n) is 12.7. The summed E-state index contributed by atoms with van der Waals surface area (Å²) in [5.41, 5.74) is 2.43. The average molecular weight is 475 g/mol. The number of aromatic nitrogens is 3. The number of fused-ring (bicyclic) bond motifs is 5. The first-order chi connectivity index (χ1) is 16.9. The monoisotopic (exact) mass is 474 g/mol. The summed E-state index contributed by atoms with van der Waals surface area (Å²) in [7, 11) is 0. The van der Waals surface area contributed by atoms with Crippen LogP contribution < -0.4 is 5.32 Å². The van der Waals surface area contributed by atoms with Crippen LogP contribution in [-0.4, -0.2) is 20.9 Å². The van der Waals surface area contributed by atoms with Gasteiger partial charge >= 0.3 is 0 Å². The van der Waals surface area contributed by atoms with Gasteiger partial charge in [-0.2, -0.15) is 0 Å². The Morgan fingerprint density at radius 3 is 2.77 bits per heavy atom. The molecule has 3 fully saturated rings. The zero-order valence-corrected chi connectivity index (χ0v) is 21.7. The minimum absolute atomic E-state index is 0.0242. The molecule has 0 saturated heterocycles. The van der Waals surface area contributed by atoms with E-state index >= 15 is 0 Å². The molecule has 3 saturated carbocycles. The van der Waals surface area contributed by atoms with E-state index < -0.39 is 0 Å². The largest absolute Gasteiger partial charge is 0.347 e. The Morgan fingerprint density at radius 2 is 1.94 bits per heavy atom. The van der Waals surface area contributed by atoms with Gasteiger partial charge in [-0.25, -0.2) is 4.68 Å². The fourth-order valence-electron chi connectivity index (χ4n) is 9.02. The summed E-state index contributed by atoms with van der Waals surface area (Å²) >= 11 is 0. The average Bonchev–Trinajstić information content (AvgIpc) is 3.61. The Labute approximate surface area is 210 Å². The SMILES string of the molecule is CC(C1C=CC=C1)n1cc(CNC(=O)C2=CC[C@H]3[C@@H]4CC[C@H]5CCCC[C@]5(C)[C@H]4CC[C@]23C)nn1. The first-order valence-corrected chi connectivity index (χ1v) is 14.1. The van der Waals surface area contributed by atoms with E-state index in [0.29, 0.717) is 23.8 Å². The lowest BCUT2D eigenvalue weighted by Crippen LogP contribution is -2.53. The normalized spacial score (nSPS) is 39.0. The molecule has 1 amide bonds. The first kappa shape index (κ1) is 23.2. The van der Waals surface area contributed by atoms with Gasteiger partial charge in [-0.3, -0.25) is 4.79 Å². The van der Waals surface area contributed by atoms with Gasteiger partial charge in [-0.1, -0.05) is 62.3 Å². The highest BCUT2D eigenvalue weighted by atomic mass is 16.1. The maximum Gasteiger partial charge on any atom is 0.247 e. The van der Waals surface area contributed by atoms with Gasteiger partial charge in [-0.15, -0.1) is 5.10 Å². The third-order valence-corrected chi connectivity index (χ3v) is 11.1. The lowest BCUT2D eigenvalue weighted by molar-refractivity contribution is -0.122. The van der Waals surface area contributed by atoms with Crippen LogP contribution in [0.5, 0.6) is 0 Å². The smallest absolute Gasteiger partial charge is 0.247 e. The van der Waals surface area contributed by atoms with Gasteiger partial charge < -0.3 is 5.32 Å². The summed E-state index contributed by atoms with van der Waals surface area (Å²) in [6.45, 7) is 7.61. The molecule has 5 aliphatic carbocycles. The van der Waals surface area contributed by atoms with Crippen LogP contribution in [0.4, 0.5) is 0 Å². The number of carbonyl (C=O) groups excluding carboxylic acids is 1. The van der Waals surface area contributed by atoms with Crippen LogP contribution in [0.25, 0.3) is 0 Å².